The summed E-state index contributed by atoms with van der Waals surface area (Å²) in [5.41, 5.74) is 0.747. The van der Waals surface area contributed by atoms with Crippen molar-refractivity contribution >= 4 is 23.4 Å². The molecule has 8 nitrogen and oxygen atoms in total. The fourth-order valence-corrected chi connectivity index (χ4v) is 5.33. The van der Waals surface area contributed by atoms with Gasteiger partial charge in [-0.3, -0.25) is 14.4 Å². The minimum Gasteiger partial charge on any atom is -0.497 e. The highest BCUT2D eigenvalue weighted by Gasteiger charge is 2.43. The second-order valence-electron chi connectivity index (χ2n) is 9.63. The zero-order valence-electron chi connectivity index (χ0n) is 20.0. The molecule has 3 amide bonds. The van der Waals surface area contributed by atoms with Crippen molar-refractivity contribution in [2.45, 2.75) is 37.7 Å². The molecule has 2 saturated heterocycles. The molecule has 0 bridgehead atoms. The van der Waals surface area contributed by atoms with E-state index in [0.717, 1.165) is 0 Å². The summed E-state index contributed by atoms with van der Waals surface area (Å²) >= 11 is 0. The van der Waals surface area contributed by atoms with Gasteiger partial charge in [0.2, 0.25) is 11.8 Å². The van der Waals surface area contributed by atoms with Crippen molar-refractivity contribution in [2.75, 3.05) is 38.6 Å². The number of rotatable bonds is 3. The van der Waals surface area contributed by atoms with Gasteiger partial charge >= 0.3 is 0 Å². The highest BCUT2D eigenvalue weighted by molar-refractivity contribution is 5.95. The summed E-state index contributed by atoms with van der Waals surface area (Å²) < 4.78 is 11.5. The number of methoxy groups -OCH3 is 1. The molecule has 35 heavy (non-hydrogen) atoms. The van der Waals surface area contributed by atoms with E-state index in [1.807, 2.05) is 34.1 Å². The Labute approximate surface area is 205 Å². The van der Waals surface area contributed by atoms with Crippen LogP contribution in [0.1, 0.15) is 42.5 Å². The normalized spacial score (nSPS) is 19.9. The Morgan fingerprint density at radius 1 is 0.971 bits per heavy atom. The van der Waals surface area contributed by atoms with Crippen molar-refractivity contribution in [1.82, 2.24) is 9.80 Å². The van der Waals surface area contributed by atoms with E-state index in [0.29, 0.717) is 74.6 Å². The van der Waals surface area contributed by atoms with Crippen LogP contribution < -0.4 is 14.8 Å². The van der Waals surface area contributed by atoms with Crippen molar-refractivity contribution in [3.8, 4) is 11.5 Å². The zero-order valence-corrected chi connectivity index (χ0v) is 20.0. The first-order valence-electron chi connectivity index (χ1n) is 12.3. The van der Waals surface area contributed by atoms with Crippen LogP contribution in [0.15, 0.2) is 48.5 Å². The molecule has 0 aromatic heterocycles. The van der Waals surface area contributed by atoms with E-state index in [2.05, 4.69) is 5.32 Å². The number of hydrogen-bond donors (Lipinski definition) is 1. The molecule has 0 unspecified atom stereocenters. The molecule has 0 radical (unpaired) electrons. The number of nitrogens with zero attached hydrogens (tertiary/aromatic N) is 2. The van der Waals surface area contributed by atoms with Gasteiger partial charge in [-0.2, -0.15) is 0 Å². The summed E-state index contributed by atoms with van der Waals surface area (Å²) in [6, 6.07) is 14.6. The number of ether oxygens (including phenoxy) is 2. The number of amides is 3. The monoisotopic (exact) mass is 477 g/mol. The van der Waals surface area contributed by atoms with Crippen LogP contribution in [-0.2, 0) is 9.59 Å². The van der Waals surface area contributed by atoms with Crippen molar-refractivity contribution in [1.29, 1.82) is 0 Å². The van der Waals surface area contributed by atoms with E-state index < -0.39 is 5.60 Å². The number of nitrogens with one attached hydrogen (secondary N) is 1. The molecule has 0 atom stereocenters. The van der Waals surface area contributed by atoms with E-state index in [1.165, 1.54) is 0 Å². The lowest BCUT2D eigenvalue weighted by Crippen LogP contribution is -2.52. The molecule has 3 aliphatic rings. The van der Waals surface area contributed by atoms with E-state index in [-0.39, 0.29) is 30.1 Å². The summed E-state index contributed by atoms with van der Waals surface area (Å²) in [5.74, 6) is 1.41. The van der Waals surface area contributed by atoms with Gasteiger partial charge in [0.1, 0.15) is 17.1 Å². The van der Waals surface area contributed by atoms with Crippen LogP contribution in [0.4, 0.5) is 5.69 Å². The van der Waals surface area contributed by atoms with E-state index in [1.54, 1.807) is 31.4 Å². The number of likely N-dealkylation sites (tertiary alicyclic amines) is 2. The molecule has 0 saturated carbocycles. The van der Waals surface area contributed by atoms with Crippen LogP contribution in [-0.4, -0.2) is 66.4 Å². The standard InChI is InChI=1S/C27H31N3O5/c1-34-21-8-6-19(7-9-21)25(32)29-14-10-20(11-15-29)26(33)30-16-12-27(13-17-30)18-24(31)28-22-4-2-3-5-23(22)35-27/h2-9,20H,10-18H2,1H3,(H,28,31). The summed E-state index contributed by atoms with van der Waals surface area (Å²) in [7, 11) is 1.60. The molecule has 0 aliphatic carbocycles. The number of para-hydroxylation sites is 2. The number of piperidine rings is 2. The average Bonchev–Trinajstić information content (AvgIpc) is 3.03. The van der Waals surface area contributed by atoms with Gasteiger partial charge < -0.3 is 24.6 Å². The van der Waals surface area contributed by atoms with Crippen molar-refractivity contribution < 1.29 is 23.9 Å². The number of carbonyl (C=O) groups is 3. The Morgan fingerprint density at radius 3 is 2.34 bits per heavy atom. The fraction of sp³-hybridized carbons (Fsp3) is 0.444. The molecule has 5 rings (SSSR count). The fourth-order valence-electron chi connectivity index (χ4n) is 5.33. The van der Waals surface area contributed by atoms with E-state index in [9.17, 15) is 14.4 Å². The molecule has 3 heterocycles. The van der Waals surface area contributed by atoms with Gasteiger partial charge in [-0.15, -0.1) is 0 Å². The Hall–Kier alpha value is -3.55. The average molecular weight is 478 g/mol. The van der Waals surface area contributed by atoms with Crippen LogP contribution in [0.3, 0.4) is 0 Å². The Kier molecular flexibility index (Phi) is 6.36. The smallest absolute Gasteiger partial charge is 0.253 e. The van der Waals surface area contributed by atoms with Crippen molar-refractivity contribution in [2.24, 2.45) is 5.92 Å². The summed E-state index contributed by atoms with van der Waals surface area (Å²) in [6.07, 6.45) is 2.85. The minimum atomic E-state index is -0.582. The van der Waals surface area contributed by atoms with Crippen LogP contribution in [0.5, 0.6) is 11.5 Å². The number of fused-ring (bicyclic) bond motifs is 1. The highest BCUT2D eigenvalue weighted by Crippen LogP contribution is 2.38. The molecule has 3 aliphatic heterocycles. The third-order valence-electron chi connectivity index (χ3n) is 7.43. The Bertz CT molecular complexity index is 1100. The maximum Gasteiger partial charge on any atom is 0.253 e. The predicted molar refractivity (Wildman–Crippen MR) is 130 cm³/mol. The van der Waals surface area contributed by atoms with Gasteiger partial charge in [0.25, 0.3) is 5.91 Å². The van der Waals surface area contributed by atoms with E-state index in [4.69, 9.17) is 9.47 Å². The molecular formula is C27H31N3O5. The van der Waals surface area contributed by atoms with Gasteiger partial charge in [-0.05, 0) is 49.2 Å². The van der Waals surface area contributed by atoms with Gasteiger partial charge in [0.05, 0.1) is 19.2 Å². The Morgan fingerprint density at radius 2 is 1.66 bits per heavy atom. The van der Waals surface area contributed by atoms with E-state index >= 15 is 0 Å². The topological polar surface area (TPSA) is 88.2 Å². The quantitative estimate of drug-likeness (QED) is 0.733. The number of carbonyl (C=O) groups excluding carboxylic acids is 3. The molecule has 1 N–H and O–H groups in total. The maximum absolute atomic E-state index is 13.3. The van der Waals surface area contributed by atoms with Gasteiger partial charge in [-0.25, -0.2) is 0 Å². The predicted octanol–water partition coefficient (Wildman–Crippen LogP) is 3.33. The van der Waals surface area contributed by atoms with Crippen LogP contribution in [0.2, 0.25) is 0 Å². The van der Waals surface area contributed by atoms with Crippen LogP contribution >= 0.6 is 0 Å². The first kappa shape index (κ1) is 23.2. The molecular weight excluding hydrogens is 446 g/mol. The molecule has 8 heteroatoms. The summed E-state index contributed by atoms with van der Waals surface area (Å²) in [4.78, 5) is 42.3. The first-order chi connectivity index (χ1) is 17.0. The molecule has 1 spiro atoms. The molecule has 2 fully saturated rings. The number of benzene rings is 2. The number of anilines is 1. The molecule has 184 valence electrons. The van der Waals surface area contributed by atoms with Crippen LogP contribution in [0, 0.1) is 5.92 Å². The van der Waals surface area contributed by atoms with Gasteiger partial charge in [0, 0.05) is 50.5 Å². The van der Waals surface area contributed by atoms with Gasteiger partial charge in [-0.1, -0.05) is 12.1 Å². The summed E-state index contributed by atoms with van der Waals surface area (Å²) in [5, 5.41) is 2.93. The molecule has 2 aromatic rings. The van der Waals surface area contributed by atoms with Crippen molar-refractivity contribution in [3.63, 3.8) is 0 Å². The lowest BCUT2D eigenvalue weighted by Gasteiger charge is -2.42. The molecule has 2 aromatic carbocycles. The third-order valence-corrected chi connectivity index (χ3v) is 7.43. The van der Waals surface area contributed by atoms with Crippen molar-refractivity contribution in [3.05, 3.63) is 54.1 Å². The lowest BCUT2D eigenvalue weighted by molar-refractivity contribution is -0.141. The minimum absolute atomic E-state index is 0.0115. The SMILES string of the molecule is COc1ccc(C(=O)N2CCC(C(=O)N3CCC4(CC3)CC(=O)Nc3ccccc3O4)CC2)cc1. The second-order valence-corrected chi connectivity index (χ2v) is 9.63. The maximum atomic E-state index is 13.3. The number of hydrogen-bond acceptors (Lipinski definition) is 5. The van der Waals surface area contributed by atoms with Crippen LogP contribution in [0.25, 0.3) is 0 Å². The highest BCUT2D eigenvalue weighted by atomic mass is 16.5. The second kappa shape index (κ2) is 9.60. The largest absolute Gasteiger partial charge is 0.497 e. The van der Waals surface area contributed by atoms with Gasteiger partial charge in [0.15, 0.2) is 0 Å². The zero-order chi connectivity index (χ0) is 24.4. The first-order valence-corrected chi connectivity index (χ1v) is 12.3. The Balaban J connectivity index is 1.15. The third kappa shape index (κ3) is 4.83. The summed E-state index contributed by atoms with van der Waals surface area (Å²) in [6.45, 7) is 2.27. The lowest BCUT2D eigenvalue weighted by atomic mass is 9.86.